The van der Waals surface area contributed by atoms with Crippen molar-refractivity contribution in [1.29, 1.82) is 5.26 Å². The molecule has 3 rings (SSSR count). The van der Waals surface area contributed by atoms with Gasteiger partial charge in [0.25, 0.3) is 0 Å². The van der Waals surface area contributed by atoms with Crippen molar-refractivity contribution in [2.24, 2.45) is 4.99 Å². The van der Waals surface area contributed by atoms with E-state index in [1.165, 1.54) is 5.56 Å². The Morgan fingerprint density at radius 2 is 2.00 bits per heavy atom. The summed E-state index contributed by atoms with van der Waals surface area (Å²) in [6, 6.07) is 16.4. The number of hydrogen-bond acceptors (Lipinski definition) is 2. The number of rotatable bonds is 1. The highest BCUT2D eigenvalue weighted by Gasteiger charge is 2.11. The van der Waals surface area contributed by atoms with E-state index in [0.717, 1.165) is 21.8 Å². The number of para-hydroxylation sites is 1. The molecule has 2 aromatic rings. The first-order valence-electron chi connectivity index (χ1n) is 5.54. The van der Waals surface area contributed by atoms with Gasteiger partial charge < -0.3 is 0 Å². The van der Waals surface area contributed by atoms with Crippen LogP contribution >= 0.6 is 0 Å². The summed E-state index contributed by atoms with van der Waals surface area (Å²) in [5, 5.41) is 10.7. The molecule has 0 aromatic heterocycles. The molecular weight excluding hydrogens is 208 g/mol. The third-order valence-corrected chi connectivity index (χ3v) is 2.88. The number of hydrogen-bond donors (Lipinski definition) is 0. The molecule has 2 heteroatoms. The Labute approximate surface area is 99.2 Å². The maximum atomic E-state index is 8.58. The van der Waals surface area contributed by atoms with Crippen LogP contribution in [0.15, 0.2) is 47.5 Å². The van der Waals surface area contributed by atoms with Crippen LogP contribution in [0.25, 0.3) is 17.2 Å². The van der Waals surface area contributed by atoms with Crippen molar-refractivity contribution < 1.29 is 0 Å². The van der Waals surface area contributed by atoms with Gasteiger partial charge in [-0.05, 0) is 23.4 Å². The van der Waals surface area contributed by atoms with Crippen LogP contribution in [0.5, 0.6) is 0 Å². The topological polar surface area (TPSA) is 36.1 Å². The zero-order valence-electron chi connectivity index (χ0n) is 9.22. The number of nitrogens with zero attached hydrogens (tertiary/aromatic N) is 2. The molecule has 0 fully saturated rings. The number of nitriles is 1. The third kappa shape index (κ3) is 1.62. The molecule has 0 spiro atoms. The summed E-state index contributed by atoms with van der Waals surface area (Å²) < 4.78 is 0. The van der Waals surface area contributed by atoms with Crippen molar-refractivity contribution in [1.82, 2.24) is 0 Å². The van der Waals surface area contributed by atoms with E-state index in [0.29, 0.717) is 6.42 Å². The molecule has 1 aliphatic heterocycles. The van der Waals surface area contributed by atoms with E-state index in [2.05, 4.69) is 23.2 Å². The molecular formula is C15H10N2. The standard InChI is InChI=1S/C15H10N2/c16-9-3-4-11-7-8-15-13(10-11)12-5-1-2-6-14(12)17-15/h1-2,4-8,10H,3H2. The first kappa shape index (κ1) is 9.80. The highest BCUT2D eigenvalue weighted by atomic mass is 14.8. The molecule has 2 nitrogen and oxygen atoms in total. The van der Waals surface area contributed by atoms with Crippen LogP contribution < -0.4 is 10.6 Å². The van der Waals surface area contributed by atoms with Crippen LogP contribution in [-0.2, 0) is 0 Å². The molecule has 0 saturated heterocycles. The van der Waals surface area contributed by atoms with Crippen molar-refractivity contribution in [3.05, 3.63) is 53.0 Å². The lowest BCUT2D eigenvalue weighted by Crippen LogP contribution is -2.08. The molecule has 0 saturated carbocycles. The van der Waals surface area contributed by atoms with E-state index in [9.17, 15) is 0 Å². The van der Waals surface area contributed by atoms with Gasteiger partial charge in [-0.2, -0.15) is 5.26 Å². The lowest BCUT2D eigenvalue weighted by Gasteiger charge is -1.97. The fourth-order valence-corrected chi connectivity index (χ4v) is 2.09. The van der Waals surface area contributed by atoms with E-state index in [4.69, 9.17) is 5.26 Å². The summed E-state index contributed by atoms with van der Waals surface area (Å²) in [6.45, 7) is 0. The van der Waals surface area contributed by atoms with E-state index in [-0.39, 0.29) is 0 Å². The van der Waals surface area contributed by atoms with Gasteiger partial charge in [0.15, 0.2) is 0 Å². The molecule has 80 valence electrons. The molecule has 2 aromatic carbocycles. The zero-order valence-corrected chi connectivity index (χ0v) is 9.22. The molecule has 0 N–H and O–H groups in total. The minimum atomic E-state index is 0.442. The summed E-state index contributed by atoms with van der Waals surface area (Å²) in [5.41, 5.74) is 3.36. The fraction of sp³-hybridized carbons (Fsp3) is 0.0667. The largest absolute Gasteiger partial charge is 0.248 e. The van der Waals surface area contributed by atoms with Crippen LogP contribution in [0, 0.1) is 11.3 Å². The minimum Gasteiger partial charge on any atom is -0.248 e. The van der Waals surface area contributed by atoms with Gasteiger partial charge in [0, 0.05) is 11.1 Å². The summed E-state index contributed by atoms with van der Waals surface area (Å²) in [4.78, 5) is 4.56. The van der Waals surface area contributed by atoms with Gasteiger partial charge in [-0.25, -0.2) is 4.99 Å². The summed E-state index contributed by atoms with van der Waals surface area (Å²) in [6.07, 6.45) is 2.37. The molecule has 0 aliphatic carbocycles. The van der Waals surface area contributed by atoms with Crippen LogP contribution in [-0.4, -0.2) is 0 Å². The van der Waals surface area contributed by atoms with Gasteiger partial charge in [-0.3, -0.25) is 0 Å². The second kappa shape index (κ2) is 3.88. The smallest absolute Gasteiger partial charge is 0.0716 e. The monoisotopic (exact) mass is 218 g/mol. The maximum Gasteiger partial charge on any atom is 0.0716 e. The maximum absolute atomic E-state index is 8.58. The Morgan fingerprint density at radius 3 is 2.88 bits per heavy atom. The van der Waals surface area contributed by atoms with E-state index in [1.807, 2.05) is 36.4 Å². The first-order valence-corrected chi connectivity index (χ1v) is 5.54. The van der Waals surface area contributed by atoms with Gasteiger partial charge in [0.2, 0.25) is 0 Å². The predicted molar refractivity (Wildman–Crippen MR) is 67.0 cm³/mol. The van der Waals surface area contributed by atoms with Crippen molar-refractivity contribution in [2.45, 2.75) is 6.42 Å². The van der Waals surface area contributed by atoms with E-state index >= 15 is 0 Å². The van der Waals surface area contributed by atoms with Crippen LogP contribution in [0.4, 0.5) is 5.69 Å². The Kier molecular flexibility index (Phi) is 2.23. The average Bonchev–Trinajstić information content (AvgIpc) is 2.74. The highest BCUT2D eigenvalue weighted by Crippen LogP contribution is 2.30. The fourth-order valence-electron chi connectivity index (χ4n) is 2.09. The lowest BCUT2D eigenvalue weighted by molar-refractivity contribution is 1.38. The zero-order chi connectivity index (χ0) is 11.7. The molecule has 1 aliphatic rings. The summed E-state index contributed by atoms with van der Waals surface area (Å²) in [7, 11) is 0. The van der Waals surface area contributed by atoms with Gasteiger partial charge >= 0.3 is 0 Å². The Bertz CT molecular complexity index is 736. The van der Waals surface area contributed by atoms with Crippen LogP contribution in [0.1, 0.15) is 6.42 Å². The van der Waals surface area contributed by atoms with Crippen molar-refractivity contribution >= 4 is 11.8 Å². The molecule has 1 heterocycles. The second-order valence-corrected chi connectivity index (χ2v) is 3.97. The Balaban J connectivity index is 2.22. The Morgan fingerprint density at radius 1 is 1.12 bits per heavy atom. The molecule has 0 atom stereocenters. The molecule has 0 bridgehead atoms. The summed E-state index contributed by atoms with van der Waals surface area (Å²) >= 11 is 0. The third-order valence-electron chi connectivity index (χ3n) is 2.88. The van der Waals surface area contributed by atoms with E-state index in [1.54, 1.807) is 0 Å². The van der Waals surface area contributed by atoms with Crippen LogP contribution in [0.3, 0.4) is 0 Å². The Hall–Kier alpha value is -2.40. The minimum absolute atomic E-state index is 0.442. The normalized spacial score (nSPS) is 12.5. The average molecular weight is 218 g/mol. The molecule has 17 heavy (non-hydrogen) atoms. The lowest BCUT2D eigenvalue weighted by atomic mass is 10.0. The molecule has 0 radical (unpaired) electrons. The van der Waals surface area contributed by atoms with Gasteiger partial charge in [0.05, 0.1) is 23.5 Å². The summed E-state index contributed by atoms with van der Waals surface area (Å²) in [5.74, 6) is 0. The molecule has 0 unspecified atom stereocenters. The van der Waals surface area contributed by atoms with Gasteiger partial charge in [-0.15, -0.1) is 0 Å². The molecule has 0 amide bonds. The second-order valence-electron chi connectivity index (χ2n) is 3.97. The van der Waals surface area contributed by atoms with Crippen molar-refractivity contribution in [3.8, 4) is 17.2 Å². The SMILES string of the molecule is N#CCC=c1ccc2c(c1)-c1ccccc1N=2. The quantitative estimate of drug-likeness (QED) is 0.617. The van der Waals surface area contributed by atoms with Crippen LogP contribution in [0.2, 0.25) is 0 Å². The van der Waals surface area contributed by atoms with Gasteiger partial charge in [-0.1, -0.05) is 30.3 Å². The van der Waals surface area contributed by atoms with E-state index < -0.39 is 0 Å². The number of fused-ring (bicyclic) bond motifs is 3. The predicted octanol–water partition coefficient (Wildman–Crippen LogP) is 2.31. The number of benzene rings is 2. The van der Waals surface area contributed by atoms with Gasteiger partial charge in [0.1, 0.15) is 0 Å². The van der Waals surface area contributed by atoms with Crippen molar-refractivity contribution in [2.75, 3.05) is 0 Å². The highest BCUT2D eigenvalue weighted by molar-refractivity contribution is 5.79. The van der Waals surface area contributed by atoms with Crippen molar-refractivity contribution in [3.63, 3.8) is 0 Å². The first-order chi connectivity index (χ1) is 8.38.